The Morgan fingerprint density at radius 3 is 2.48 bits per heavy atom. The molecule has 3 rings (SSSR count). The third-order valence-electron chi connectivity index (χ3n) is 5.27. The van der Waals surface area contributed by atoms with Crippen LogP contribution >= 0.6 is 0 Å². The molecule has 0 unspecified atom stereocenters. The van der Waals surface area contributed by atoms with Gasteiger partial charge in [0.15, 0.2) is 11.6 Å². The average molecular weight is 323 g/mol. The van der Waals surface area contributed by atoms with Crippen molar-refractivity contribution in [2.75, 3.05) is 38.2 Å². The number of anilines is 1. The van der Waals surface area contributed by atoms with Crippen molar-refractivity contribution >= 4 is 11.4 Å². The second-order valence-corrected chi connectivity index (χ2v) is 6.47. The molecule has 23 heavy (non-hydrogen) atoms. The maximum Gasteiger partial charge on any atom is 0.313 e. The molecule has 0 bridgehead atoms. The molecule has 0 atom stereocenters. The Labute approximate surface area is 134 Å². The number of methoxy groups -OCH3 is 1. The van der Waals surface area contributed by atoms with Crippen LogP contribution in [0.25, 0.3) is 0 Å². The Kier molecular flexibility index (Phi) is 4.39. The molecule has 6 nitrogen and oxygen atoms in total. The molecule has 2 fully saturated rings. The van der Waals surface area contributed by atoms with Gasteiger partial charge in [0, 0.05) is 19.2 Å². The Hall–Kier alpha value is -1.89. The minimum atomic E-state index is -0.619. The van der Waals surface area contributed by atoms with Crippen LogP contribution in [0.5, 0.6) is 5.75 Å². The van der Waals surface area contributed by atoms with Gasteiger partial charge < -0.3 is 15.0 Å². The minimum Gasteiger partial charge on any atom is -0.490 e. The third kappa shape index (κ3) is 3.10. The van der Waals surface area contributed by atoms with E-state index in [0.717, 1.165) is 45.1 Å². The van der Waals surface area contributed by atoms with Crippen molar-refractivity contribution in [2.24, 2.45) is 5.41 Å². The lowest BCUT2D eigenvalue weighted by Crippen LogP contribution is -2.45. The molecule has 2 heterocycles. The first-order chi connectivity index (χ1) is 11.0. The van der Waals surface area contributed by atoms with E-state index < -0.39 is 10.7 Å². The van der Waals surface area contributed by atoms with Crippen molar-refractivity contribution in [3.8, 4) is 5.75 Å². The molecule has 2 saturated heterocycles. The molecule has 2 aliphatic rings. The average Bonchev–Trinajstić information content (AvgIpc) is 2.56. The number of piperidine rings is 2. The summed E-state index contributed by atoms with van der Waals surface area (Å²) >= 11 is 0. The molecular weight excluding hydrogens is 301 g/mol. The lowest BCUT2D eigenvalue weighted by Gasteiger charge is -2.45. The van der Waals surface area contributed by atoms with Gasteiger partial charge in [-0.25, -0.2) is 4.39 Å². The number of rotatable bonds is 3. The zero-order chi connectivity index (χ0) is 16.4. The van der Waals surface area contributed by atoms with Gasteiger partial charge in [0.2, 0.25) is 0 Å². The van der Waals surface area contributed by atoms with Crippen LogP contribution in [-0.4, -0.2) is 38.2 Å². The zero-order valence-electron chi connectivity index (χ0n) is 13.3. The van der Waals surface area contributed by atoms with Gasteiger partial charge in [-0.3, -0.25) is 10.1 Å². The molecule has 1 N–H and O–H groups in total. The van der Waals surface area contributed by atoms with E-state index in [9.17, 15) is 14.5 Å². The molecule has 1 aromatic carbocycles. The molecule has 7 heteroatoms. The summed E-state index contributed by atoms with van der Waals surface area (Å²) in [5.41, 5.74) is 0.445. The number of nitrogens with one attached hydrogen (secondary N) is 1. The standard InChI is InChI=1S/C16H22FN3O3/c1-23-15-11-13(12(17)10-14(15)20(21)22)19-8-4-16(5-9-19)2-6-18-7-3-16/h10-11,18H,2-9H2,1H3. The predicted octanol–water partition coefficient (Wildman–Crippen LogP) is 2.71. The van der Waals surface area contributed by atoms with Crippen LogP contribution in [0.3, 0.4) is 0 Å². The van der Waals surface area contributed by atoms with Gasteiger partial charge in [0.05, 0.1) is 23.8 Å². The molecule has 0 amide bonds. The van der Waals surface area contributed by atoms with E-state index in [-0.39, 0.29) is 11.4 Å². The lowest BCUT2D eigenvalue weighted by atomic mass is 9.71. The van der Waals surface area contributed by atoms with Gasteiger partial charge in [-0.15, -0.1) is 0 Å². The quantitative estimate of drug-likeness (QED) is 0.684. The number of halogens is 1. The highest BCUT2D eigenvalue weighted by atomic mass is 19.1. The molecule has 0 radical (unpaired) electrons. The Bertz CT molecular complexity index is 592. The Morgan fingerprint density at radius 2 is 1.91 bits per heavy atom. The lowest BCUT2D eigenvalue weighted by molar-refractivity contribution is -0.385. The molecule has 126 valence electrons. The van der Waals surface area contributed by atoms with Crippen LogP contribution in [-0.2, 0) is 0 Å². The summed E-state index contributed by atoms with van der Waals surface area (Å²) in [4.78, 5) is 12.3. The van der Waals surface area contributed by atoms with E-state index in [1.165, 1.54) is 26.0 Å². The monoisotopic (exact) mass is 323 g/mol. The maximum atomic E-state index is 14.3. The number of benzene rings is 1. The van der Waals surface area contributed by atoms with Crippen molar-refractivity contribution in [1.82, 2.24) is 5.32 Å². The topological polar surface area (TPSA) is 67.6 Å². The fraction of sp³-hybridized carbons (Fsp3) is 0.625. The number of nitro groups is 1. The van der Waals surface area contributed by atoms with Gasteiger partial charge in [0.1, 0.15) is 0 Å². The first-order valence-corrected chi connectivity index (χ1v) is 8.02. The van der Waals surface area contributed by atoms with E-state index in [1.807, 2.05) is 4.90 Å². The second-order valence-electron chi connectivity index (χ2n) is 6.47. The first kappa shape index (κ1) is 16.0. The number of nitro benzene ring substituents is 1. The maximum absolute atomic E-state index is 14.3. The zero-order valence-corrected chi connectivity index (χ0v) is 13.3. The number of hydrogen-bond acceptors (Lipinski definition) is 5. The SMILES string of the molecule is COc1cc(N2CCC3(CCNCC3)CC2)c(F)cc1[N+](=O)[O-]. The summed E-state index contributed by atoms with van der Waals surface area (Å²) in [5, 5.41) is 14.3. The Balaban J connectivity index is 1.79. The van der Waals surface area contributed by atoms with Crippen molar-refractivity contribution in [3.63, 3.8) is 0 Å². The van der Waals surface area contributed by atoms with E-state index >= 15 is 0 Å². The molecule has 2 aliphatic heterocycles. The number of nitrogens with zero attached hydrogens (tertiary/aromatic N) is 2. The van der Waals surface area contributed by atoms with Crippen LogP contribution in [0.4, 0.5) is 15.8 Å². The summed E-state index contributed by atoms with van der Waals surface area (Å²) in [7, 11) is 1.37. The second kappa shape index (κ2) is 6.31. The van der Waals surface area contributed by atoms with E-state index in [1.54, 1.807) is 0 Å². The van der Waals surface area contributed by atoms with E-state index in [2.05, 4.69) is 5.32 Å². The van der Waals surface area contributed by atoms with Crippen molar-refractivity contribution in [1.29, 1.82) is 0 Å². The Morgan fingerprint density at radius 1 is 1.26 bits per heavy atom. The highest BCUT2D eigenvalue weighted by molar-refractivity contribution is 5.60. The van der Waals surface area contributed by atoms with Gasteiger partial charge in [0.25, 0.3) is 0 Å². The van der Waals surface area contributed by atoms with Crippen molar-refractivity contribution < 1.29 is 14.1 Å². The summed E-state index contributed by atoms with van der Waals surface area (Å²) in [6.07, 6.45) is 4.42. The summed E-state index contributed by atoms with van der Waals surface area (Å²) in [5.74, 6) is -0.452. The summed E-state index contributed by atoms with van der Waals surface area (Å²) in [6.45, 7) is 3.66. The largest absolute Gasteiger partial charge is 0.490 e. The molecule has 1 spiro atoms. The van der Waals surface area contributed by atoms with Gasteiger partial charge in [-0.2, -0.15) is 0 Å². The molecule has 1 aromatic rings. The van der Waals surface area contributed by atoms with Crippen LogP contribution in [0, 0.1) is 21.3 Å². The normalized spacial score (nSPS) is 20.5. The number of ether oxygens (including phenoxy) is 1. The molecule has 0 aliphatic carbocycles. The molecular formula is C16H22FN3O3. The van der Waals surface area contributed by atoms with Gasteiger partial charge in [-0.1, -0.05) is 0 Å². The van der Waals surface area contributed by atoms with Crippen molar-refractivity contribution in [3.05, 3.63) is 28.1 Å². The summed E-state index contributed by atoms with van der Waals surface area (Å²) < 4.78 is 19.4. The molecule has 0 aromatic heterocycles. The van der Waals surface area contributed by atoms with Gasteiger partial charge in [-0.05, 0) is 44.2 Å². The highest BCUT2D eigenvalue weighted by Gasteiger charge is 2.36. The fourth-order valence-electron chi connectivity index (χ4n) is 3.76. The number of hydrogen-bond donors (Lipinski definition) is 1. The summed E-state index contributed by atoms with van der Waals surface area (Å²) in [6, 6.07) is 2.41. The van der Waals surface area contributed by atoms with E-state index in [0.29, 0.717) is 11.1 Å². The van der Waals surface area contributed by atoms with Crippen LogP contribution in [0.1, 0.15) is 25.7 Å². The minimum absolute atomic E-state index is 0.105. The van der Waals surface area contributed by atoms with Crippen molar-refractivity contribution in [2.45, 2.75) is 25.7 Å². The van der Waals surface area contributed by atoms with Crippen LogP contribution in [0.2, 0.25) is 0 Å². The highest BCUT2D eigenvalue weighted by Crippen LogP contribution is 2.42. The first-order valence-electron chi connectivity index (χ1n) is 8.02. The van der Waals surface area contributed by atoms with E-state index in [4.69, 9.17) is 4.74 Å². The van der Waals surface area contributed by atoms with Crippen LogP contribution < -0.4 is 15.0 Å². The third-order valence-corrected chi connectivity index (χ3v) is 5.27. The predicted molar refractivity (Wildman–Crippen MR) is 85.6 cm³/mol. The van der Waals surface area contributed by atoms with Gasteiger partial charge >= 0.3 is 5.69 Å². The van der Waals surface area contributed by atoms with Crippen LogP contribution in [0.15, 0.2) is 12.1 Å². The smallest absolute Gasteiger partial charge is 0.313 e. The molecule has 0 saturated carbocycles. The fourth-order valence-corrected chi connectivity index (χ4v) is 3.76.